The molecule has 0 aliphatic carbocycles. The van der Waals surface area contributed by atoms with Gasteiger partial charge in [0.15, 0.2) is 0 Å². The molecule has 2 rings (SSSR count). The van der Waals surface area contributed by atoms with E-state index in [1.54, 1.807) is 0 Å². The van der Waals surface area contributed by atoms with E-state index in [9.17, 15) is 9.59 Å². The first-order chi connectivity index (χ1) is 8.00. The van der Waals surface area contributed by atoms with Gasteiger partial charge in [-0.3, -0.25) is 19.8 Å². The van der Waals surface area contributed by atoms with Crippen molar-refractivity contribution in [3.8, 4) is 0 Å². The van der Waals surface area contributed by atoms with E-state index in [2.05, 4.69) is 10.2 Å². The summed E-state index contributed by atoms with van der Waals surface area (Å²) in [6, 6.07) is 0. The van der Waals surface area contributed by atoms with Gasteiger partial charge in [-0.1, -0.05) is 0 Å². The summed E-state index contributed by atoms with van der Waals surface area (Å²) in [5.74, 6) is -0.207. The zero-order valence-corrected chi connectivity index (χ0v) is 10.7. The molecule has 0 radical (unpaired) electrons. The van der Waals surface area contributed by atoms with Crippen molar-refractivity contribution in [2.75, 3.05) is 32.7 Å². The molecule has 2 fully saturated rings. The first-order valence-corrected chi connectivity index (χ1v) is 6.33. The topological polar surface area (TPSA) is 52.7 Å². The molecule has 96 valence electrons. The van der Waals surface area contributed by atoms with E-state index in [0.29, 0.717) is 6.54 Å². The maximum atomic E-state index is 12.1. The van der Waals surface area contributed by atoms with E-state index in [1.165, 1.54) is 17.7 Å². The minimum atomic E-state index is -0.612. The standard InChI is InChI=1S/C12H21N3O2/c1-12(2)11(17)15(10(16)9-13-12)8-7-14-5-3-4-6-14/h13H,3-9H2,1-2H3. The van der Waals surface area contributed by atoms with Crippen molar-refractivity contribution in [2.24, 2.45) is 0 Å². The number of likely N-dealkylation sites (tertiary alicyclic amines) is 1. The van der Waals surface area contributed by atoms with Gasteiger partial charge in [-0.25, -0.2) is 0 Å². The first kappa shape index (κ1) is 12.5. The zero-order valence-electron chi connectivity index (χ0n) is 10.7. The maximum absolute atomic E-state index is 12.1. The molecule has 2 aliphatic heterocycles. The number of rotatable bonds is 3. The summed E-state index contributed by atoms with van der Waals surface area (Å²) in [4.78, 5) is 27.5. The predicted octanol–water partition coefficient (Wildman–Crippen LogP) is -0.181. The lowest BCUT2D eigenvalue weighted by molar-refractivity contribution is -0.152. The molecule has 0 saturated carbocycles. The average molecular weight is 239 g/mol. The third-order valence-electron chi connectivity index (χ3n) is 3.60. The van der Waals surface area contributed by atoms with Crippen LogP contribution in [0.3, 0.4) is 0 Å². The van der Waals surface area contributed by atoms with Crippen molar-refractivity contribution < 1.29 is 9.59 Å². The van der Waals surface area contributed by atoms with Gasteiger partial charge in [0, 0.05) is 13.1 Å². The Balaban J connectivity index is 1.92. The van der Waals surface area contributed by atoms with Crippen LogP contribution >= 0.6 is 0 Å². The van der Waals surface area contributed by atoms with Crippen molar-refractivity contribution in [2.45, 2.75) is 32.2 Å². The Kier molecular flexibility index (Phi) is 3.49. The van der Waals surface area contributed by atoms with Crippen molar-refractivity contribution in [3.05, 3.63) is 0 Å². The van der Waals surface area contributed by atoms with Crippen LogP contribution in [0.5, 0.6) is 0 Å². The van der Waals surface area contributed by atoms with E-state index in [4.69, 9.17) is 0 Å². The summed E-state index contributed by atoms with van der Waals surface area (Å²) in [5.41, 5.74) is -0.612. The third-order valence-corrected chi connectivity index (χ3v) is 3.60. The van der Waals surface area contributed by atoms with E-state index in [-0.39, 0.29) is 18.4 Å². The van der Waals surface area contributed by atoms with Crippen LogP contribution in [0.1, 0.15) is 26.7 Å². The fourth-order valence-corrected chi connectivity index (χ4v) is 2.39. The molecule has 0 aromatic heterocycles. The number of amides is 2. The Hall–Kier alpha value is -0.940. The van der Waals surface area contributed by atoms with Gasteiger partial charge in [-0.2, -0.15) is 0 Å². The highest BCUT2D eigenvalue weighted by atomic mass is 16.2. The summed E-state index contributed by atoms with van der Waals surface area (Å²) >= 11 is 0. The number of carbonyl (C=O) groups is 2. The van der Waals surface area contributed by atoms with Crippen LogP contribution in [0, 0.1) is 0 Å². The van der Waals surface area contributed by atoms with E-state index < -0.39 is 5.54 Å². The number of nitrogens with one attached hydrogen (secondary N) is 1. The number of nitrogens with zero attached hydrogens (tertiary/aromatic N) is 2. The van der Waals surface area contributed by atoms with Crippen LogP contribution in [-0.2, 0) is 9.59 Å². The molecule has 0 spiro atoms. The number of carbonyl (C=O) groups excluding carboxylic acids is 2. The van der Waals surface area contributed by atoms with E-state index in [1.807, 2.05) is 13.8 Å². The summed E-state index contributed by atoms with van der Waals surface area (Å²) < 4.78 is 0. The van der Waals surface area contributed by atoms with Crippen molar-refractivity contribution in [1.29, 1.82) is 0 Å². The highest BCUT2D eigenvalue weighted by Crippen LogP contribution is 2.14. The molecule has 1 N–H and O–H groups in total. The molecular weight excluding hydrogens is 218 g/mol. The second-order valence-corrected chi connectivity index (χ2v) is 5.38. The Morgan fingerprint density at radius 2 is 1.82 bits per heavy atom. The largest absolute Gasteiger partial charge is 0.302 e. The fraction of sp³-hybridized carbons (Fsp3) is 0.833. The number of hydrogen-bond acceptors (Lipinski definition) is 4. The lowest BCUT2D eigenvalue weighted by Gasteiger charge is -2.37. The third kappa shape index (κ3) is 2.66. The van der Waals surface area contributed by atoms with Gasteiger partial charge in [0.05, 0.1) is 12.1 Å². The maximum Gasteiger partial charge on any atom is 0.248 e. The number of hydrogen-bond donors (Lipinski definition) is 1. The Bertz CT molecular complexity index is 322. The Labute approximate surface area is 102 Å². The summed E-state index contributed by atoms with van der Waals surface area (Å²) in [5, 5.41) is 2.96. The summed E-state index contributed by atoms with van der Waals surface area (Å²) in [6.45, 7) is 7.44. The minimum absolute atomic E-state index is 0.103. The van der Waals surface area contributed by atoms with Crippen molar-refractivity contribution in [3.63, 3.8) is 0 Å². The van der Waals surface area contributed by atoms with Crippen molar-refractivity contribution >= 4 is 11.8 Å². The SMILES string of the molecule is CC1(C)NCC(=O)N(CCN2CCCC2)C1=O. The predicted molar refractivity (Wildman–Crippen MR) is 64.5 cm³/mol. The monoisotopic (exact) mass is 239 g/mol. The van der Waals surface area contributed by atoms with Crippen LogP contribution in [0.25, 0.3) is 0 Å². The molecule has 5 heteroatoms. The number of imide groups is 1. The Morgan fingerprint density at radius 3 is 2.47 bits per heavy atom. The molecule has 2 heterocycles. The normalized spacial score (nSPS) is 25.6. The van der Waals surface area contributed by atoms with Crippen LogP contribution in [-0.4, -0.2) is 59.9 Å². The quantitative estimate of drug-likeness (QED) is 0.694. The molecule has 0 atom stereocenters. The van der Waals surface area contributed by atoms with Gasteiger partial charge in [0.1, 0.15) is 0 Å². The second kappa shape index (κ2) is 4.74. The minimum Gasteiger partial charge on any atom is -0.302 e. The second-order valence-electron chi connectivity index (χ2n) is 5.38. The molecule has 2 saturated heterocycles. The molecule has 5 nitrogen and oxygen atoms in total. The zero-order chi connectivity index (χ0) is 12.5. The Morgan fingerprint density at radius 1 is 1.18 bits per heavy atom. The molecule has 0 unspecified atom stereocenters. The van der Waals surface area contributed by atoms with Gasteiger partial charge < -0.3 is 4.90 Å². The van der Waals surface area contributed by atoms with Crippen LogP contribution in [0.4, 0.5) is 0 Å². The van der Waals surface area contributed by atoms with Gasteiger partial charge in [-0.15, -0.1) is 0 Å². The molecule has 0 aromatic carbocycles. The van der Waals surface area contributed by atoms with Gasteiger partial charge in [0.25, 0.3) is 0 Å². The summed E-state index contributed by atoms with van der Waals surface area (Å²) in [7, 11) is 0. The molecule has 2 aliphatic rings. The molecule has 17 heavy (non-hydrogen) atoms. The van der Waals surface area contributed by atoms with Crippen molar-refractivity contribution in [1.82, 2.24) is 15.1 Å². The summed E-state index contributed by atoms with van der Waals surface area (Å²) in [6.07, 6.45) is 2.46. The van der Waals surface area contributed by atoms with Crippen LogP contribution in [0.15, 0.2) is 0 Å². The highest BCUT2D eigenvalue weighted by Gasteiger charge is 2.39. The van der Waals surface area contributed by atoms with Gasteiger partial charge >= 0.3 is 0 Å². The highest BCUT2D eigenvalue weighted by molar-refractivity contribution is 6.03. The molecule has 0 aromatic rings. The van der Waals surface area contributed by atoms with Gasteiger partial charge in [-0.05, 0) is 39.8 Å². The van der Waals surface area contributed by atoms with Crippen LogP contribution in [0.2, 0.25) is 0 Å². The van der Waals surface area contributed by atoms with E-state index in [0.717, 1.165) is 19.6 Å². The molecule has 2 amide bonds. The van der Waals surface area contributed by atoms with Gasteiger partial charge in [0.2, 0.25) is 11.8 Å². The average Bonchev–Trinajstić information content (AvgIpc) is 2.77. The van der Waals surface area contributed by atoms with Crippen LogP contribution < -0.4 is 5.32 Å². The smallest absolute Gasteiger partial charge is 0.248 e. The lowest BCUT2D eigenvalue weighted by Crippen LogP contribution is -2.64. The lowest BCUT2D eigenvalue weighted by atomic mass is 10.0. The van der Waals surface area contributed by atoms with E-state index >= 15 is 0 Å². The number of piperazine rings is 1. The first-order valence-electron chi connectivity index (χ1n) is 6.33. The fourth-order valence-electron chi connectivity index (χ4n) is 2.39. The molecule has 0 bridgehead atoms. The molecular formula is C12H21N3O2.